The van der Waals surface area contributed by atoms with Gasteiger partial charge < -0.3 is 20.7 Å². The number of hydrogen-bond acceptors (Lipinski definition) is 7. The number of fused-ring (bicyclic) bond motifs is 2. The van der Waals surface area contributed by atoms with E-state index in [1.54, 1.807) is 7.11 Å². The number of likely N-dealkylation sites (N-methyl/N-ethyl adjacent to an activating group) is 1. The first kappa shape index (κ1) is 21.0. The Morgan fingerprint density at radius 3 is 2.74 bits per heavy atom. The molecule has 0 atom stereocenters. The minimum atomic E-state index is 0.250. The van der Waals surface area contributed by atoms with Gasteiger partial charge in [-0.25, -0.2) is 9.67 Å². The molecule has 3 N–H and O–H groups in total. The van der Waals surface area contributed by atoms with E-state index in [1.807, 2.05) is 12.4 Å². The normalized spacial score (nSPS) is 20.2. The Balaban J connectivity index is 0.000000730. The highest BCUT2D eigenvalue weighted by atomic mass is 16.5. The predicted octanol–water partition coefficient (Wildman–Crippen LogP) is 2.64. The number of methoxy groups -OCH3 is 1. The molecule has 0 bridgehead atoms. The van der Waals surface area contributed by atoms with Gasteiger partial charge in [-0.05, 0) is 55.5 Å². The molecule has 3 heterocycles. The van der Waals surface area contributed by atoms with Gasteiger partial charge in [0.15, 0.2) is 5.65 Å². The standard InChI is InChI=1S/C21H26N6O.CH3NO/c1-13-6-17(7-13)27-20-16(11-23-27)10-22-21(25-20)24-18-8-15-12-26(2)5-4-14(15)9-19(18)28-3;2-1-3/h8-11,13,17H,4-7,12H2,1-3H3,(H,22,24,25);1H,(H2,2,3). The van der Waals surface area contributed by atoms with Gasteiger partial charge in [-0.15, -0.1) is 0 Å². The van der Waals surface area contributed by atoms with E-state index in [1.165, 1.54) is 11.1 Å². The lowest BCUT2D eigenvalue weighted by molar-refractivity contribution is -0.106. The van der Waals surface area contributed by atoms with Crippen molar-refractivity contribution in [2.75, 3.05) is 26.0 Å². The first-order valence-electron chi connectivity index (χ1n) is 10.5. The first-order valence-corrected chi connectivity index (χ1v) is 10.5. The van der Waals surface area contributed by atoms with Gasteiger partial charge in [0, 0.05) is 19.3 Å². The molecular formula is C22H29N7O2. The van der Waals surface area contributed by atoms with Crippen molar-refractivity contribution in [3.05, 3.63) is 35.7 Å². The van der Waals surface area contributed by atoms with Crippen LogP contribution in [0.3, 0.4) is 0 Å². The molecule has 9 nitrogen and oxygen atoms in total. The van der Waals surface area contributed by atoms with Crippen molar-refractivity contribution in [1.29, 1.82) is 0 Å². The Kier molecular flexibility index (Phi) is 6.03. The van der Waals surface area contributed by atoms with Gasteiger partial charge in [0.05, 0.1) is 30.4 Å². The summed E-state index contributed by atoms with van der Waals surface area (Å²) >= 11 is 0. The summed E-state index contributed by atoms with van der Waals surface area (Å²) in [5.74, 6) is 2.17. The topological polar surface area (TPSA) is 111 Å². The van der Waals surface area contributed by atoms with E-state index < -0.39 is 0 Å². The molecule has 1 saturated carbocycles. The van der Waals surface area contributed by atoms with Crippen LogP contribution < -0.4 is 15.8 Å². The number of benzene rings is 1. The molecule has 0 saturated heterocycles. The van der Waals surface area contributed by atoms with E-state index in [4.69, 9.17) is 14.5 Å². The molecule has 0 spiro atoms. The van der Waals surface area contributed by atoms with E-state index in [0.717, 1.165) is 60.7 Å². The summed E-state index contributed by atoms with van der Waals surface area (Å²) in [4.78, 5) is 20.2. The second-order valence-electron chi connectivity index (χ2n) is 8.36. The number of aromatic nitrogens is 4. The quantitative estimate of drug-likeness (QED) is 0.621. The summed E-state index contributed by atoms with van der Waals surface area (Å²) in [7, 11) is 3.86. The molecule has 31 heavy (non-hydrogen) atoms. The molecule has 1 aromatic carbocycles. The zero-order valence-corrected chi connectivity index (χ0v) is 18.2. The van der Waals surface area contributed by atoms with Crippen LogP contribution in [0.5, 0.6) is 5.75 Å². The fourth-order valence-electron chi connectivity index (χ4n) is 4.34. The SMILES string of the molecule is COc1cc2c(cc1Nc1ncc3cnn(C4CC(C)C4)c3n1)CN(C)CC2.NC=O. The Morgan fingerprint density at radius 2 is 2.03 bits per heavy atom. The number of carbonyl (C=O) groups is 1. The number of nitrogens with one attached hydrogen (secondary N) is 1. The van der Waals surface area contributed by atoms with Crippen molar-refractivity contribution in [1.82, 2.24) is 24.6 Å². The Morgan fingerprint density at radius 1 is 1.26 bits per heavy atom. The Bertz CT molecular complexity index is 1080. The molecule has 1 amide bonds. The average Bonchev–Trinajstić information content (AvgIpc) is 3.14. The maximum Gasteiger partial charge on any atom is 0.229 e. The Labute approximate surface area is 181 Å². The minimum Gasteiger partial charge on any atom is -0.495 e. The summed E-state index contributed by atoms with van der Waals surface area (Å²) in [5, 5.41) is 8.91. The van der Waals surface area contributed by atoms with Crippen molar-refractivity contribution in [2.24, 2.45) is 11.7 Å². The number of primary amides is 1. The number of ether oxygens (including phenoxy) is 1. The van der Waals surface area contributed by atoms with Crippen LogP contribution in [0, 0.1) is 5.92 Å². The number of carbonyl (C=O) groups excluding carboxylic acids is 1. The van der Waals surface area contributed by atoms with Gasteiger partial charge in [0.2, 0.25) is 12.4 Å². The number of rotatable bonds is 4. The molecule has 2 aromatic heterocycles. The van der Waals surface area contributed by atoms with Gasteiger partial charge in [-0.2, -0.15) is 10.1 Å². The number of anilines is 2. The lowest BCUT2D eigenvalue weighted by Gasteiger charge is -2.32. The van der Waals surface area contributed by atoms with Crippen LogP contribution in [0.15, 0.2) is 24.5 Å². The van der Waals surface area contributed by atoms with Gasteiger partial charge >= 0.3 is 0 Å². The zero-order valence-electron chi connectivity index (χ0n) is 18.2. The van der Waals surface area contributed by atoms with Crippen LogP contribution in [0.1, 0.15) is 36.9 Å². The molecule has 0 radical (unpaired) electrons. The van der Waals surface area contributed by atoms with Crippen LogP contribution in [0.2, 0.25) is 0 Å². The average molecular weight is 424 g/mol. The molecule has 3 aromatic rings. The molecule has 5 rings (SSSR count). The summed E-state index contributed by atoms with van der Waals surface area (Å²) in [6, 6.07) is 4.76. The van der Waals surface area contributed by atoms with E-state index in [9.17, 15) is 0 Å². The van der Waals surface area contributed by atoms with Crippen molar-refractivity contribution < 1.29 is 9.53 Å². The molecule has 1 aliphatic carbocycles. The van der Waals surface area contributed by atoms with Gasteiger partial charge in [0.25, 0.3) is 0 Å². The summed E-state index contributed by atoms with van der Waals surface area (Å²) in [5.41, 5.74) is 8.64. The van der Waals surface area contributed by atoms with Gasteiger partial charge in [-0.1, -0.05) is 6.92 Å². The molecule has 1 aliphatic heterocycles. The second kappa shape index (κ2) is 8.89. The van der Waals surface area contributed by atoms with Crippen molar-refractivity contribution in [3.8, 4) is 5.75 Å². The van der Waals surface area contributed by atoms with Crippen LogP contribution in [0.4, 0.5) is 11.6 Å². The van der Waals surface area contributed by atoms with Crippen molar-refractivity contribution in [2.45, 2.75) is 38.8 Å². The van der Waals surface area contributed by atoms with Crippen LogP contribution >= 0.6 is 0 Å². The van der Waals surface area contributed by atoms with Gasteiger partial charge in [-0.3, -0.25) is 4.79 Å². The third-order valence-electron chi connectivity index (χ3n) is 6.00. The second-order valence-corrected chi connectivity index (χ2v) is 8.36. The lowest BCUT2D eigenvalue weighted by Crippen LogP contribution is -2.26. The monoisotopic (exact) mass is 423 g/mol. The number of amides is 1. The van der Waals surface area contributed by atoms with E-state index >= 15 is 0 Å². The molecule has 164 valence electrons. The summed E-state index contributed by atoms with van der Waals surface area (Å²) < 4.78 is 7.69. The maximum absolute atomic E-state index is 8.58. The molecular weight excluding hydrogens is 394 g/mol. The number of nitrogens with two attached hydrogens (primary N) is 1. The maximum atomic E-state index is 8.58. The highest BCUT2D eigenvalue weighted by Gasteiger charge is 2.29. The van der Waals surface area contributed by atoms with Crippen LogP contribution in [-0.2, 0) is 17.8 Å². The molecule has 9 heteroatoms. The third-order valence-corrected chi connectivity index (χ3v) is 6.00. The van der Waals surface area contributed by atoms with Gasteiger partial charge in [0.1, 0.15) is 5.75 Å². The largest absolute Gasteiger partial charge is 0.495 e. The first-order chi connectivity index (χ1) is 15.0. The minimum absolute atomic E-state index is 0.250. The zero-order chi connectivity index (χ0) is 22.0. The number of hydrogen-bond donors (Lipinski definition) is 2. The molecule has 0 unspecified atom stereocenters. The lowest BCUT2D eigenvalue weighted by atomic mass is 9.82. The van der Waals surface area contributed by atoms with E-state index in [-0.39, 0.29) is 6.41 Å². The van der Waals surface area contributed by atoms with E-state index in [2.05, 4.69) is 56.8 Å². The fraction of sp³-hybridized carbons (Fsp3) is 0.455. The van der Waals surface area contributed by atoms with Crippen LogP contribution in [0.25, 0.3) is 11.0 Å². The smallest absolute Gasteiger partial charge is 0.229 e. The highest BCUT2D eigenvalue weighted by molar-refractivity contribution is 5.76. The Hall–Kier alpha value is -3.20. The van der Waals surface area contributed by atoms with E-state index in [0.29, 0.717) is 12.0 Å². The number of nitrogens with zero attached hydrogens (tertiary/aromatic N) is 5. The predicted molar refractivity (Wildman–Crippen MR) is 119 cm³/mol. The molecule has 1 fully saturated rings. The van der Waals surface area contributed by atoms with Crippen molar-refractivity contribution >= 4 is 29.1 Å². The third kappa shape index (κ3) is 4.32. The molecule has 2 aliphatic rings. The highest BCUT2D eigenvalue weighted by Crippen LogP contribution is 2.38. The van der Waals surface area contributed by atoms with Crippen LogP contribution in [-0.4, -0.2) is 51.8 Å². The fourth-order valence-corrected chi connectivity index (χ4v) is 4.34. The van der Waals surface area contributed by atoms with Crippen molar-refractivity contribution in [3.63, 3.8) is 0 Å². The summed E-state index contributed by atoms with van der Waals surface area (Å²) in [6.45, 7) is 4.30. The summed E-state index contributed by atoms with van der Waals surface area (Å²) in [6.07, 6.45) is 7.32.